The maximum Gasteiger partial charge on any atom is 0.335 e. The van der Waals surface area contributed by atoms with Gasteiger partial charge in [0, 0.05) is 11.1 Å². The molecular formula is C19H26O13. The Bertz CT molecular complexity index is 770. The number of hydrogen-bond donors (Lipinski definition) is 10. The molecule has 0 aliphatic carbocycles. The minimum atomic E-state index is -1.84. The molecule has 2 saturated heterocycles. The third kappa shape index (κ3) is 4.20. The van der Waals surface area contributed by atoms with E-state index in [0.717, 1.165) is 12.1 Å². The molecule has 0 amide bonds. The average Bonchev–Trinajstić information content (AvgIpc) is 2.77. The van der Waals surface area contributed by atoms with E-state index in [0.29, 0.717) is 0 Å². The number of ether oxygens (including phenoxy) is 2. The molecule has 0 bridgehead atoms. The first kappa shape index (κ1) is 24.7. The first-order chi connectivity index (χ1) is 15.0. The van der Waals surface area contributed by atoms with E-state index >= 15 is 0 Å². The third-order valence-electron chi connectivity index (χ3n) is 5.81. The van der Waals surface area contributed by atoms with Crippen LogP contribution in [0.2, 0.25) is 0 Å². The molecule has 0 aromatic heterocycles. The highest BCUT2D eigenvalue weighted by atomic mass is 16.6. The third-order valence-corrected chi connectivity index (χ3v) is 5.81. The SMILES string of the molecule is O=C(O)c1cc(C2O[C@H](CO)[C@@H](O)[C@H](O)[C@H]2O)c(O)c(C2O[C@H](CO)[C@@H](O)[C@H](O)[C@H]2O)c1. The number of aromatic hydroxyl groups is 1. The van der Waals surface area contributed by atoms with Gasteiger partial charge in [-0.15, -0.1) is 0 Å². The number of carboxylic acids is 1. The number of carbonyl (C=O) groups is 1. The van der Waals surface area contributed by atoms with E-state index in [1.807, 2.05) is 0 Å². The van der Waals surface area contributed by atoms with Crippen molar-refractivity contribution in [3.8, 4) is 5.75 Å². The molecule has 2 aliphatic heterocycles. The molecule has 2 heterocycles. The van der Waals surface area contributed by atoms with Crippen molar-refractivity contribution in [3.05, 3.63) is 28.8 Å². The van der Waals surface area contributed by atoms with Crippen LogP contribution in [0.4, 0.5) is 0 Å². The van der Waals surface area contributed by atoms with Crippen LogP contribution in [0.5, 0.6) is 5.75 Å². The number of rotatable bonds is 5. The van der Waals surface area contributed by atoms with E-state index in [-0.39, 0.29) is 11.1 Å². The molecule has 1 aromatic carbocycles. The van der Waals surface area contributed by atoms with Crippen molar-refractivity contribution in [3.63, 3.8) is 0 Å². The van der Waals surface area contributed by atoms with Crippen molar-refractivity contribution in [1.82, 2.24) is 0 Å². The largest absolute Gasteiger partial charge is 0.507 e. The van der Waals surface area contributed by atoms with Crippen LogP contribution < -0.4 is 0 Å². The quantitative estimate of drug-likeness (QED) is 0.202. The summed E-state index contributed by atoms with van der Waals surface area (Å²) >= 11 is 0. The van der Waals surface area contributed by atoms with Gasteiger partial charge in [-0.2, -0.15) is 0 Å². The Morgan fingerprint density at radius 2 is 1.09 bits per heavy atom. The molecule has 3 rings (SSSR count). The molecule has 13 nitrogen and oxygen atoms in total. The second kappa shape index (κ2) is 9.52. The van der Waals surface area contributed by atoms with Crippen molar-refractivity contribution in [2.24, 2.45) is 0 Å². The molecule has 10 N–H and O–H groups in total. The highest BCUT2D eigenvalue weighted by molar-refractivity contribution is 5.88. The lowest BCUT2D eigenvalue weighted by Crippen LogP contribution is -2.55. The summed E-state index contributed by atoms with van der Waals surface area (Å²) < 4.78 is 10.8. The first-order valence-electron chi connectivity index (χ1n) is 9.74. The summed E-state index contributed by atoms with van der Waals surface area (Å²) in [7, 11) is 0. The molecule has 2 aliphatic rings. The van der Waals surface area contributed by atoms with Gasteiger partial charge in [-0.1, -0.05) is 0 Å². The molecule has 2 unspecified atom stereocenters. The van der Waals surface area contributed by atoms with Gasteiger partial charge in [0.05, 0.1) is 18.8 Å². The number of phenols is 1. The van der Waals surface area contributed by atoms with Gasteiger partial charge in [-0.3, -0.25) is 0 Å². The van der Waals surface area contributed by atoms with Gasteiger partial charge < -0.3 is 60.5 Å². The number of phenolic OH excluding ortho intramolecular Hbond substituents is 1. The van der Waals surface area contributed by atoms with E-state index in [9.17, 15) is 55.9 Å². The molecule has 10 atom stereocenters. The molecule has 0 spiro atoms. The van der Waals surface area contributed by atoms with E-state index in [4.69, 9.17) is 9.47 Å². The number of aliphatic hydroxyl groups excluding tert-OH is 8. The molecule has 1 aromatic rings. The second-order valence-corrected chi connectivity index (χ2v) is 7.81. The first-order valence-corrected chi connectivity index (χ1v) is 9.74. The van der Waals surface area contributed by atoms with Crippen molar-refractivity contribution >= 4 is 5.97 Å². The summed E-state index contributed by atoms with van der Waals surface area (Å²) in [6, 6.07) is 1.86. The highest BCUT2D eigenvalue weighted by Gasteiger charge is 2.48. The van der Waals surface area contributed by atoms with Gasteiger partial charge in [-0.25, -0.2) is 4.79 Å². The Morgan fingerprint density at radius 1 is 0.719 bits per heavy atom. The maximum atomic E-state index is 11.7. The molecule has 13 heteroatoms. The van der Waals surface area contributed by atoms with Crippen LogP contribution in [-0.2, 0) is 9.47 Å². The van der Waals surface area contributed by atoms with Crippen molar-refractivity contribution in [1.29, 1.82) is 0 Å². The second-order valence-electron chi connectivity index (χ2n) is 7.81. The Kier molecular flexibility index (Phi) is 7.36. The Morgan fingerprint density at radius 3 is 1.41 bits per heavy atom. The summed E-state index contributed by atoms with van der Waals surface area (Å²) in [5, 5.41) is 99.9. The zero-order valence-electron chi connectivity index (χ0n) is 16.5. The molecule has 0 radical (unpaired) electrons. The summed E-state index contributed by atoms with van der Waals surface area (Å²) in [6.07, 6.45) is -16.6. The monoisotopic (exact) mass is 462 g/mol. The molecule has 180 valence electrons. The van der Waals surface area contributed by atoms with Gasteiger partial charge in [-0.05, 0) is 12.1 Å². The highest BCUT2D eigenvalue weighted by Crippen LogP contribution is 2.43. The van der Waals surface area contributed by atoms with Crippen molar-refractivity contribution in [2.75, 3.05) is 13.2 Å². The predicted octanol–water partition coefficient (Wildman–Crippen LogP) is -3.88. The molecule has 2 fully saturated rings. The molecule has 0 saturated carbocycles. The summed E-state index contributed by atoms with van der Waals surface area (Å²) in [5.74, 6) is -2.22. The Labute approximate surface area is 180 Å². The van der Waals surface area contributed by atoms with E-state index in [1.54, 1.807) is 0 Å². The molecular weight excluding hydrogens is 436 g/mol. The van der Waals surface area contributed by atoms with Crippen molar-refractivity contribution < 1.29 is 65.3 Å². The zero-order chi connectivity index (χ0) is 23.9. The van der Waals surface area contributed by atoms with Crippen LogP contribution in [0.3, 0.4) is 0 Å². The lowest BCUT2D eigenvalue weighted by Gasteiger charge is -2.42. The topological polar surface area (TPSA) is 238 Å². The smallest absolute Gasteiger partial charge is 0.335 e. The number of hydrogen-bond acceptors (Lipinski definition) is 12. The van der Waals surface area contributed by atoms with Gasteiger partial charge in [0.25, 0.3) is 0 Å². The summed E-state index contributed by atoms with van der Waals surface area (Å²) in [5.41, 5.74) is -1.19. The van der Waals surface area contributed by atoms with Crippen LogP contribution in [0.15, 0.2) is 12.1 Å². The summed E-state index contributed by atoms with van der Waals surface area (Å²) in [4.78, 5) is 11.7. The number of benzene rings is 1. The number of carboxylic acid groups (broad SMARTS) is 1. The van der Waals surface area contributed by atoms with Gasteiger partial charge in [0.1, 0.15) is 66.8 Å². The lowest BCUT2D eigenvalue weighted by molar-refractivity contribution is -0.233. The minimum absolute atomic E-state index is 0.367. The van der Waals surface area contributed by atoms with E-state index < -0.39 is 91.5 Å². The fourth-order valence-electron chi connectivity index (χ4n) is 3.95. The number of aromatic carboxylic acids is 1. The van der Waals surface area contributed by atoms with Gasteiger partial charge in [0.15, 0.2) is 0 Å². The standard InChI is InChI=1S/C19H26O13/c20-3-8-11(23)13(25)15(27)17(31-8)6-1-5(19(29)30)2-7(10(6)22)18-16(28)14(26)12(24)9(4-21)32-18/h1-2,8-9,11-18,20-28H,3-4H2,(H,29,30)/t8-,9-,11-,12-,13+,14+,15-,16-,17?,18?/m1/s1. The van der Waals surface area contributed by atoms with Crippen LogP contribution in [0, 0.1) is 0 Å². The fraction of sp³-hybridized carbons (Fsp3) is 0.632. The predicted molar refractivity (Wildman–Crippen MR) is 101 cm³/mol. The van der Waals surface area contributed by atoms with Gasteiger partial charge >= 0.3 is 5.97 Å². The van der Waals surface area contributed by atoms with Crippen molar-refractivity contribution in [2.45, 2.75) is 61.0 Å². The Hall–Kier alpha value is -1.91. The minimum Gasteiger partial charge on any atom is -0.507 e. The van der Waals surface area contributed by atoms with Gasteiger partial charge in [0.2, 0.25) is 0 Å². The Balaban J connectivity index is 2.11. The normalized spacial score (nSPS) is 40.2. The van der Waals surface area contributed by atoms with Crippen LogP contribution in [-0.4, -0.2) is 119 Å². The maximum absolute atomic E-state index is 11.7. The number of aliphatic hydroxyl groups is 8. The van der Waals surface area contributed by atoms with Crippen LogP contribution in [0.1, 0.15) is 33.7 Å². The summed E-state index contributed by atoms with van der Waals surface area (Å²) in [6.45, 7) is -1.53. The van der Waals surface area contributed by atoms with Crippen LogP contribution >= 0.6 is 0 Å². The molecule has 32 heavy (non-hydrogen) atoms. The van der Waals surface area contributed by atoms with E-state index in [2.05, 4.69) is 0 Å². The van der Waals surface area contributed by atoms with E-state index in [1.165, 1.54) is 0 Å². The fourth-order valence-corrected chi connectivity index (χ4v) is 3.95. The zero-order valence-corrected chi connectivity index (χ0v) is 16.5. The average molecular weight is 462 g/mol. The van der Waals surface area contributed by atoms with Crippen LogP contribution in [0.25, 0.3) is 0 Å². The lowest BCUT2D eigenvalue weighted by atomic mass is 9.85.